The van der Waals surface area contributed by atoms with E-state index in [0.29, 0.717) is 6.10 Å². The number of hydrogen-bond acceptors (Lipinski definition) is 1. The molecule has 1 heteroatoms. The average molecular weight is 230 g/mol. The molecule has 0 N–H and O–H groups in total. The van der Waals surface area contributed by atoms with Crippen LogP contribution in [0.4, 0.5) is 0 Å². The van der Waals surface area contributed by atoms with Crippen LogP contribution in [0.25, 0.3) is 6.08 Å². The van der Waals surface area contributed by atoms with Gasteiger partial charge in [0, 0.05) is 5.56 Å². The van der Waals surface area contributed by atoms with E-state index in [1.54, 1.807) is 0 Å². The third-order valence-electron chi connectivity index (χ3n) is 3.77. The van der Waals surface area contributed by atoms with Crippen LogP contribution in [0.5, 0.6) is 5.75 Å². The molecule has 1 atom stereocenters. The maximum Gasteiger partial charge on any atom is 0.126 e. The van der Waals surface area contributed by atoms with Crippen molar-refractivity contribution in [2.75, 3.05) is 0 Å². The van der Waals surface area contributed by atoms with Crippen molar-refractivity contribution < 1.29 is 4.74 Å². The summed E-state index contributed by atoms with van der Waals surface area (Å²) >= 11 is 0. The first-order chi connectivity index (χ1) is 8.31. The molecular weight excluding hydrogens is 208 g/mol. The number of rotatable bonds is 4. The molecule has 0 aliphatic heterocycles. The highest BCUT2D eigenvalue weighted by Gasteiger charge is 2.21. The quantitative estimate of drug-likeness (QED) is 0.730. The summed E-state index contributed by atoms with van der Waals surface area (Å²) in [5.41, 5.74) is 1.09. The molecule has 1 saturated carbocycles. The van der Waals surface area contributed by atoms with Gasteiger partial charge in [0.15, 0.2) is 0 Å². The van der Waals surface area contributed by atoms with E-state index in [-0.39, 0.29) is 0 Å². The molecule has 1 aliphatic carbocycles. The Morgan fingerprint density at radius 2 is 1.94 bits per heavy atom. The molecule has 17 heavy (non-hydrogen) atoms. The number of hydrogen-bond donors (Lipinski definition) is 0. The summed E-state index contributed by atoms with van der Waals surface area (Å²) in [5, 5.41) is 0. The maximum atomic E-state index is 6.10. The molecular formula is C16H22O. The lowest BCUT2D eigenvalue weighted by Gasteiger charge is -2.28. The second-order valence-corrected chi connectivity index (χ2v) is 4.96. The highest BCUT2D eigenvalue weighted by Crippen LogP contribution is 2.30. The van der Waals surface area contributed by atoms with E-state index >= 15 is 0 Å². The van der Waals surface area contributed by atoms with Gasteiger partial charge in [0.05, 0.1) is 6.10 Å². The molecule has 0 saturated heterocycles. The van der Waals surface area contributed by atoms with E-state index in [1.807, 2.05) is 24.3 Å². The standard InChI is InChI=1S/C16H22O/c1-3-14-9-7-8-12-16(14)17-13(2)15-10-5-4-6-11-15/h3,7-9,12-13,15H,1,4-6,10-11H2,2H3. The van der Waals surface area contributed by atoms with Gasteiger partial charge in [-0.05, 0) is 31.7 Å². The van der Waals surface area contributed by atoms with E-state index in [0.717, 1.165) is 17.2 Å². The predicted molar refractivity (Wildman–Crippen MR) is 73.2 cm³/mol. The summed E-state index contributed by atoms with van der Waals surface area (Å²) in [4.78, 5) is 0. The van der Waals surface area contributed by atoms with E-state index in [2.05, 4.69) is 19.6 Å². The Hall–Kier alpha value is -1.24. The Balaban J connectivity index is 2.01. The molecule has 1 aromatic carbocycles. The van der Waals surface area contributed by atoms with Crippen molar-refractivity contribution in [3.8, 4) is 5.75 Å². The molecule has 92 valence electrons. The first-order valence-corrected chi connectivity index (χ1v) is 6.69. The first-order valence-electron chi connectivity index (χ1n) is 6.69. The highest BCUT2D eigenvalue weighted by atomic mass is 16.5. The highest BCUT2D eigenvalue weighted by molar-refractivity contribution is 5.55. The number of para-hydroxylation sites is 1. The van der Waals surface area contributed by atoms with Gasteiger partial charge in [-0.2, -0.15) is 0 Å². The van der Waals surface area contributed by atoms with Crippen molar-refractivity contribution in [1.82, 2.24) is 0 Å². The number of benzene rings is 1. The van der Waals surface area contributed by atoms with Crippen LogP contribution in [0.15, 0.2) is 30.8 Å². The fourth-order valence-corrected chi connectivity index (χ4v) is 2.66. The molecule has 0 amide bonds. The summed E-state index contributed by atoms with van der Waals surface area (Å²) in [5.74, 6) is 1.70. The first kappa shape index (κ1) is 12.2. The molecule has 0 bridgehead atoms. The van der Waals surface area contributed by atoms with Crippen molar-refractivity contribution in [1.29, 1.82) is 0 Å². The van der Waals surface area contributed by atoms with Gasteiger partial charge in [-0.1, -0.05) is 50.1 Å². The molecule has 1 aromatic rings. The Bertz CT molecular complexity index is 364. The van der Waals surface area contributed by atoms with Crippen LogP contribution in [0.1, 0.15) is 44.6 Å². The molecule has 0 spiro atoms. The molecule has 0 heterocycles. The minimum Gasteiger partial charge on any atom is -0.490 e. The molecule has 1 fully saturated rings. The van der Waals surface area contributed by atoms with Crippen LogP contribution >= 0.6 is 0 Å². The normalized spacial score (nSPS) is 18.6. The summed E-state index contributed by atoms with van der Waals surface area (Å²) < 4.78 is 6.10. The molecule has 2 rings (SSSR count). The van der Waals surface area contributed by atoms with Gasteiger partial charge < -0.3 is 4.74 Å². The van der Waals surface area contributed by atoms with Crippen LogP contribution in [0.2, 0.25) is 0 Å². The SMILES string of the molecule is C=Cc1ccccc1OC(C)C1CCCCC1. The van der Waals surface area contributed by atoms with Gasteiger partial charge in [0.2, 0.25) is 0 Å². The lowest BCUT2D eigenvalue weighted by molar-refractivity contribution is 0.123. The van der Waals surface area contributed by atoms with E-state index in [4.69, 9.17) is 4.74 Å². The zero-order valence-electron chi connectivity index (χ0n) is 10.7. The van der Waals surface area contributed by atoms with Crippen molar-refractivity contribution >= 4 is 6.08 Å². The minimum atomic E-state index is 0.316. The van der Waals surface area contributed by atoms with Crippen LogP contribution in [0.3, 0.4) is 0 Å². The van der Waals surface area contributed by atoms with Gasteiger partial charge >= 0.3 is 0 Å². The fraction of sp³-hybridized carbons (Fsp3) is 0.500. The van der Waals surface area contributed by atoms with Crippen LogP contribution in [-0.2, 0) is 0 Å². The zero-order valence-corrected chi connectivity index (χ0v) is 10.7. The van der Waals surface area contributed by atoms with Crippen LogP contribution in [0, 0.1) is 5.92 Å². The third kappa shape index (κ3) is 3.12. The third-order valence-corrected chi connectivity index (χ3v) is 3.77. The average Bonchev–Trinajstić information content (AvgIpc) is 2.40. The largest absolute Gasteiger partial charge is 0.490 e. The van der Waals surface area contributed by atoms with E-state index in [1.165, 1.54) is 32.1 Å². The summed E-state index contributed by atoms with van der Waals surface area (Å²) in [6.07, 6.45) is 8.93. The summed E-state index contributed by atoms with van der Waals surface area (Å²) in [6, 6.07) is 8.14. The Morgan fingerprint density at radius 3 is 2.65 bits per heavy atom. The van der Waals surface area contributed by atoms with Crippen LogP contribution < -0.4 is 4.74 Å². The second-order valence-electron chi connectivity index (χ2n) is 4.96. The van der Waals surface area contributed by atoms with Gasteiger partial charge in [0.1, 0.15) is 5.75 Å². The molecule has 1 unspecified atom stereocenters. The Labute approximate surface area is 104 Å². The Kier molecular flexibility index (Phi) is 4.24. The van der Waals surface area contributed by atoms with Gasteiger partial charge in [-0.25, -0.2) is 0 Å². The van der Waals surface area contributed by atoms with Crippen molar-refractivity contribution in [3.63, 3.8) is 0 Å². The predicted octanol–water partition coefficient (Wildman–Crippen LogP) is 4.68. The van der Waals surface area contributed by atoms with Crippen molar-refractivity contribution in [3.05, 3.63) is 36.4 Å². The van der Waals surface area contributed by atoms with Crippen molar-refractivity contribution in [2.45, 2.75) is 45.1 Å². The summed E-state index contributed by atoms with van der Waals surface area (Å²) in [7, 11) is 0. The Morgan fingerprint density at radius 1 is 1.24 bits per heavy atom. The second kappa shape index (κ2) is 5.90. The topological polar surface area (TPSA) is 9.23 Å². The molecule has 1 nitrogen and oxygen atoms in total. The van der Waals surface area contributed by atoms with Crippen LogP contribution in [-0.4, -0.2) is 6.10 Å². The zero-order chi connectivity index (χ0) is 12.1. The maximum absolute atomic E-state index is 6.10. The number of ether oxygens (including phenoxy) is 1. The molecule has 0 aromatic heterocycles. The lowest BCUT2D eigenvalue weighted by atomic mass is 9.86. The van der Waals surface area contributed by atoms with Gasteiger partial charge in [-0.3, -0.25) is 0 Å². The fourth-order valence-electron chi connectivity index (χ4n) is 2.66. The van der Waals surface area contributed by atoms with E-state index < -0.39 is 0 Å². The minimum absolute atomic E-state index is 0.316. The lowest BCUT2D eigenvalue weighted by Crippen LogP contribution is -2.25. The van der Waals surface area contributed by atoms with Gasteiger partial charge in [0.25, 0.3) is 0 Å². The molecule has 1 aliphatic rings. The summed E-state index contributed by atoms with van der Waals surface area (Å²) in [6.45, 7) is 6.04. The van der Waals surface area contributed by atoms with E-state index in [9.17, 15) is 0 Å². The monoisotopic (exact) mass is 230 g/mol. The smallest absolute Gasteiger partial charge is 0.126 e. The molecule has 0 radical (unpaired) electrons. The van der Waals surface area contributed by atoms with Gasteiger partial charge in [-0.15, -0.1) is 0 Å². The van der Waals surface area contributed by atoms with Crippen molar-refractivity contribution in [2.24, 2.45) is 5.92 Å².